The van der Waals surface area contributed by atoms with Crippen LogP contribution in [0, 0.1) is 0 Å². The molecule has 0 aliphatic carbocycles. The average Bonchev–Trinajstić information content (AvgIpc) is 2.33. The van der Waals surface area contributed by atoms with E-state index in [4.69, 9.17) is 0 Å². The number of carbonyl (C=O) groups is 1. The Morgan fingerprint density at radius 2 is 1.45 bits per heavy atom. The van der Waals surface area contributed by atoms with Crippen molar-refractivity contribution in [1.29, 1.82) is 0 Å². The van der Waals surface area contributed by atoms with Crippen molar-refractivity contribution in [2.75, 3.05) is 17.3 Å². The highest BCUT2D eigenvalue weighted by Gasteiger charge is 2.28. The van der Waals surface area contributed by atoms with Crippen molar-refractivity contribution in [3.63, 3.8) is 0 Å². The molecule has 1 rings (SSSR count). The molecule has 0 fully saturated rings. The zero-order valence-corrected chi connectivity index (χ0v) is 15.3. The number of anilines is 1. The number of nitrogens with zero attached hydrogens (tertiary/aromatic N) is 1. The van der Waals surface area contributed by atoms with Crippen LogP contribution in [0.2, 0.25) is 0 Å². The van der Waals surface area contributed by atoms with E-state index in [1.54, 1.807) is 4.90 Å². The summed E-state index contributed by atoms with van der Waals surface area (Å²) >= 11 is 3.27. The van der Waals surface area contributed by atoms with Crippen molar-refractivity contribution in [2.24, 2.45) is 0 Å². The van der Waals surface area contributed by atoms with Gasteiger partial charge in [0.1, 0.15) is 0 Å². The van der Waals surface area contributed by atoms with Gasteiger partial charge in [-0.25, -0.2) is 0 Å². The van der Waals surface area contributed by atoms with Crippen LogP contribution in [0.25, 0.3) is 0 Å². The number of hydrogen-bond acceptors (Lipinski definition) is 1. The van der Waals surface area contributed by atoms with Gasteiger partial charge in [0.2, 0.25) is 5.91 Å². The molecule has 0 unspecified atom stereocenters. The second-order valence-corrected chi connectivity index (χ2v) is 7.85. The third kappa shape index (κ3) is 3.63. The maximum Gasteiger partial charge on any atom is 0.237 e. The molecule has 1 aromatic carbocycles. The zero-order valence-electron chi connectivity index (χ0n) is 13.7. The van der Waals surface area contributed by atoms with Crippen LogP contribution in [0.15, 0.2) is 18.2 Å². The van der Waals surface area contributed by atoms with Crippen molar-refractivity contribution < 1.29 is 4.79 Å². The van der Waals surface area contributed by atoms with Gasteiger partial charge >= 0.3 is 0 Å². The van der Waals surface area contributed by atoms with Crippen LogP contribution in [0.4, 0.5) is 5.69 Å². The Hall–Kier alpha value is -0.830. The molecule has 1 aromatic rings. The lowest BCUT2D eigenvalue weighted by Crippen LogP contribution is -2.33. The van der Waals surface area contributed by atoms with Gasteiger partial charge < -0.3 is 4.90 Å². The number of alkyl halides is 1. The Labute approximate surface area is 131 Å². The molecule has 0 atom stereocenters. The lowest BCUT2D eigenvalue weighted by molar-refractivity contribution is -0.115. The van der Waals surface area contributed by atoms with Gasteiger partial charge in [-0.1, -0.05) is 75.7 Å². The lowest BCUT2D eigenvalue weighted by atomic mass is 9.78. The summed E-state index contributed by atoms with van der Waals surface area (Å²) in [5.74, 6) is 0.0761. The van der Waals surface area contributed by atoms with Crippen LogP contribution < -0.4 is 4.90 Å². The number of halogens is 1. The summed E-state index contributed by atoms with van der Waals surface area (Å²) in [7, 11) is 1.86. The molecule has 20 heavy (non-hydrogen) atoms. The fourth-order valence-corrected chi connectivity index (χ4v) is 2.71. The molecule has 0 aliphatic heterocycles. The van der Waals surface area contributed by atoms with Gasteiger partial charge in [0.25, 0.3) is 0 Å². The molecule has 0 heterocycles. The predicted octanol–water partition coefficient (Wildman–Crippen LogP) is 4.64. The third-order valence-corrected chi connectivity index (χ3v) is 3.96. The molecular formula is C17H26BrNO. The van der Waals surface area contributed by atoms with E-state index in [1.165, 1.54) is 11.1 Å². The van der Waals surface area contributed by atoms with Crippen molar-refractivity contribution in [3.05, 3.63) is 29.3 Å². The van der Waals surface area contributed by atoms with E-state index in [9.17, 15) is 4.79 Å². The van der Waals surface area contributed by atoms with Crippen molar-refractivity contribution in [1.82, 2.24) is 0 Å². The van der Waals surface area contributed by atoms with Crippen molar-refractivity contribution in [2.45, 2.75) is 52.4 Å². The predicted molar refractivity (Wildman–Crippen MR) is 91.0 cm³/mol. The van der Waals surface area contributed by atoms with E-state index in [0.717, 1.165) is 5.69 Å². The molecule has 0 N–H and O–H groups in total. The molecule has 0 radical (unpaired) electrons. The minimum Gasteiger partial charge on any atom is -0.314 e. The molecule has 0 bridgehead atoms. The van der Waals surface area contributed by atoms with Gasteiger partial charge in [0, 0.05) is 7.05 Å². The SMILES string of the molecule is CN(C(=O)CBr)c1c(C(C)(C)C)cccc1C(C)(C)C. The summed E-state index contributed by atoms with van der Waals surface area (Å²) in [5.41, 5.74) is 3.47. The summed E-state index contributed by atoms with van der Waals surface area (Å²) in [6.07, 6.45) is 0. The fraction of sp³-hybridized carbons (Fsp3) is 0.588. The first-order chi connectivity index (χ1) is 9.00. The van der Waals surface area contributed by atoms with Crippen molar-refractivity contribution >= 4 is 27.5 Å². The average molecular weight is 340 g/mol. The van der Waals surface area contributed by atoms with Crippen LogP contribution in [0.1, 0.15) is 52.7 Å². The highest BCUT2D eigenvalue weighted by atomic mass is 79.9. The summed E-state index contributed by atoms with van der Waals surface area (Å²) in [6.45, 7) is 13.1. The Balaban J connectivity index is 3.61. The van der Waals surface area contributed by atoms with Crippen LogP contribution in [-0.4, -0.2) is 18.3 Å². The van der Waals surface area contributed by atoms with E-state index in [0.29, 0.717) is 5.33 Å². The van der Waals surface area contributed by atoms with Crippen LogP contribution in [0.5, 0.6) is 0 Å². The normalized spacial score (nSPS) is 12.4. The first kappa shape index (κ1) is 17.2. The van der Waals surface area contributed by atoms with Gasteiger partial charge in [0.05, 0.1) is 11.0 Å². The topological polar surface area (TPSA) is 20.3 Å². The smallest absolute Gasteiger partial charge is 0.237 e. The number of benzene rings is 1. The second kappa shape index (κ2) is 5.88. The van der Waals surface area contributed by atoms with Gasteiger partial charge in [0.15, 0.2) is 0 Å². The summed E-state index contributed by atoms with van der Waals surface area (Å²) in [4.78, 5) is 13.9. The fourth-order valence-electron chi connectivity index (χ4n) is 2.33. The summed E-state index contributed by atoms with van der Waals surface area (Å²) in [5, 5.41) is 0.339. The maximum atomic E-state index is 12.1. The number of hydrogen-bond donors (Lipinski definition) is 0. The lowest BCUT2D eigenvalue weighted by Gasteiger charge is -2.33. The molecular weight excluding hydrogens is 314 g/mol. The largest absolute Gasteiger partial charge is 0.314 e. The van der Waals surface area contributed by atoms with E-state index < -0.39 is 0 Å². The number of para-hydroxylation sites is 1. The molecule has 0 spiro atoms. The van der Waals surface area contributed by atoms with Gasteiger partial charge in [-0.05, 0) is 22.0 Å². The van der Waals surface area contributed by atoms with E-state index in [-0.39, 0.29) is 16.7 Å². The second-order valence-electron chi connectivity index (χ2n) is 7.29. The Bertz CT molecular complexity index is 462. The molecule has 3 heteroatoms. The van der Waals surface area contributed by atoms with Gasteiger partial charge in [-0.3, -0.25) is 4.79 Å². The molecule has 0 saturated carbocycles. The molecule has 0 saturated heterocycles. The number of amides is 1. The standard InChI is InChI=1S/C17H26BrNO/c1-16(2,3)12-9-8-10-13(17(4,5)6)15(12)19(7)14(20)11-18/h8-10H,11H2,1-7H3. The molecule has 1 amide bonds. The molecule has 112 valence electrons. The quantitative estimate of drug-likeness (QED) is 0.718. The number of carbonyl (C=O) groups excluding carboxylic acids is 1. The van der Waals surface area contributed by atoms with E-state index in [2.05, 4.69) is 75.7 Å². The third-order valence-electron chi connectivity index (χ3n) is 3.48. The Morgan fingerprint density at radius 3 is 1.75 bits per heavy atom. The van der Waals surface area contributed by atoms with E-state index in [1.807, 2.05) is 7.05 Å². The molecule has 2 nitrogen and oxygen atoms in total. The molecule has 0 aromatic heterocycles. The Kier molecular flexibility index (Phi) is 5.07. The highest BCUT2D eigenvalue weighted by molar-refractivity contribution is 9.09. The minimum absolute atomic E-state index is 0.00253. The zero-order chi connectivity index (χ0) is 15.7. The Morgan fingerprint density at radius 1 is 1.05 bits per heavy atom. The number of rotatable bonds is 2. The highest BCUT2D eigenvalue weighted by Crippen LogP contribution is 2.39. The van der Waals surface area contributed by atoms with Crippen LogP contribution >= 0.6 is 15.9 Å². The first-order valence-electron chi connectivity index (χ1n) is 6.96. The van der Waals surface area contributed by atoms with Gasteiger partial charge in [-0.15, -0.1) is 0 Å². The van der Waals surface area contributed by atoms with Crippen LogP contribution in [-0.2, 0) is 15.6 Å². The minimum atomic E-state index is -0.00253. The summed E-state index contributed by atoms with van der Waals surface area (Å²) < 4.78 is 0. The monoisotopic (exact) mass is 339 g/mol. The van der Waals surface area contributed by atoms with Crippen molar-refractivity contribution in [3.8, 4) is 0 Å². The summed E-state index contributed by atoms with van der Waals surface area (Å²) in [6, 6.07) is 6.35. The first-order valence-corrected chi connectivity index (χ1v) is 8.08. The maximum absolute atomic E-state index is 12.1. The molecule has 0 aliphatic rings. The van der Waals surface area contributed by atoms with Crippen LogP contribution in [0.3, 0.4) is 0 Å². The van der Waals surface area contributed by atoms with Gasteiger partial charge in [-0.2, -0.15) is 0 Å². The van der Waals surface area contributed by atoms with E-state index >= 15 is 0 Å².